The topological polar surface area (TPSA) is 79.2 Å². The zero-order chi connectivity index (χ0) is 15.9. The van der Waals surface area contributed by atoms with E-state index >= 15 is 0 Å². The lowest BCUT2D eigenvalue weighted by atomic mass is 10.1. The number of nitro groups is 1. The van der Waals surface area contributed by atoms with E-state index in [1.54, 1.807) is 12.1 Å². The predicted octanol–water partition coefficient (Wildman–Crippen LogP) is 3.47. The number of anilines is 2. The minimum atomic E-state index is -0.446. The molecule has 0 heterocycles. The monoisotopic (exact) mass is 316 g/mol. The standard InChI is InChI=1S/C15H16N4O2S/c1-2-11-5-3-6-12(9-11)16-15(22)18-17-13-7-4-8-14(10-13)19(20)21/h3-10,17H,2H2,1H3,(H2,16,18,22). The Morgan fingerprint density at radius 2 is 1.91 bits per heavy atom. The average molecular weight is 316 g/mol. The van der Waals surface area contributed by atoms with Crippen LogP contribution in [0.1, 0.15) is 12.5 Å². The summed E-state index contributed by atoms with van der Waals surface area (Å²) in [4.78, 5) is 10.3. The summed E-state index contributed by atoms with van der Waals surface area (Å²) in [5.41, 5.74) is 8.30. The molecule has 0 aliphatic heterocycles. The van der Waals surface area contributed by atoms with E-state index < -0.39 is 4.92 Å². The van der Waals surface area contributed by atoms with Crippen LogP contribution < -0.4 is 16.2 Å². The molecule has 2 aromatic carbocycles. The number of non-ortho nitro benzene ring substituents is 1. The van der Waals surface area contributed by atoms with E-state index in [0.717, 1.165) is 12.1 Å². The van der Waals surface area contributed by atoms with Gasteiger partial charge in [0.05, 0.1) is 10.6 Å². The highest BCUT2D eigenvalue weighted by molar-refractivity contribution is 7.80. The second-order valence-corrected chi connectivity index (χ2v) is 4.97. The quantitative estimate of drug-likeness (QED) is 0.445. The zero-order valence-electron chi connectivity index (χ0n) is 12.0. The summed E-state index contributed by atoms with van der Waals surface area (Å²) in [6.07, 6.45) is 0.946. The molecule has 0 saturated heterocycles. The van der Waals surface area contributed by atoms with Crippen LogP contribution >= 0.6 is 12.2 Å². The van der Waals surface area contributed by atoms with Gasteiger partial charge in [-0.3, -0.25) is 21.0 Å². The summed E-state index contributed by atoms with van der Waals surface area (Å²) in [5.74, 6) is 0. The van der Waals surface area contributed by atoms with Gasteiger partial charge in [-0.1, -0.05) is 25.1 Å². The molecule has 7 heteroatoms. The smallest absolute Gasteiger partial charge is 0.271 e. The van der Waals surface area contributed by atoms with Gasteiger partial charge in [0.1, 0.15) is 0 Å². The maximum absolute atomic E-state index is 10.7. The maximum atomic E-state index is 10.7. The van der Waals surface area contributed by atoms with Gasteiger partial charge in [0, 0.05) is 17.8 Å². The summed E-state index contributed by atoms with van der Waals surface area (Å²) >= 11 is 5.18. The number of thiocarbonyl (C=S) groups is 1. The van der Waals surface area contributed by atoms with Crippen molar-refractivity contribution in [1.29, 1.82) is 0 Å². The Morgan fingerprint density at radius 1 is 1.18 bits per heavy atom. The Hall–Kier alpha value is -2.67. The second kappa shape index (κ2) is 7.37. The molecule has 0 aliphatic rings. The summed E-state index contributed by atoms with van der Waals surface area (Å²) < 4.78 is 0. The van der Waals surface area contributed by atoms with Gasteiger partial charge in [-0.25, -0.2) is 0 Å². The Kier molecular flexibility index (Phi) is 5.26. The first-order chi connectivity index (χ1) is 10.6. The van der Waals surface area contributed by atoms with Crippen LogP contribution in [-0.2, 0) is 6.42 Å². The largest absolute Gasteiger partial charge is 0.331 e. The van der Waals surface area contributed by atoms with Crippen LogP contribution in [0.2, 0.25) is 0 Å². The van der Waals surface area contributed by atoms with Crippen molar-refractivity contribution in [3.8, 4) is 0 Å². The highest BCUT2D eigenvalue weighted by Crippen LogP contribution is 2.16. The minimum absolute atomic E-state index is 0.0151. The molecule has 2 aromatic rings. The number of benzene rings is 2. The molecule has 0 amide bonds. The molecule has 0 fully saturated rings. The number of rotatable bonds is 5. The second-order valence-electron chi connectivity index (χ2n) is 4.57. The molecule has 114 valence electrons. The fraction of sp³-hybridized carbons (Fsp3) is 0.133. The van der Waals surface area contributed by atoms with E-state index in [0.29, 0.717) is 10.8 Å². The van der Waals surface area contributed by atoms with Gasteiger partial charge in [-0.15, -0.1) is 0 Å². The maximum Gasteiger partial charge on any atom is 0.271 e. The van der Waals surface area contributed by atoms with E-state index in [4.69, 9.17) is 12.2 Å². The lowest BCUT2D eigenvalue weighted by Crippen LogP contribution is -2.33. The molecule has 0 unspecified atom stereocenters. The van der Waals surface area contributed by atoms with Crippen molar-refractivity contribution in [3.05, 3.63) is 64.2 Å². The van der Waals surface area contributed by atoms with Gasteiger partial charge in [-0.05, 0) is 42.4 Å². The number of nitrogens with zero attached hydrogens (tertiary/aromatic N) is 1. The van der Waals surface area contributed by atoms with E-state index in [-0.39, 0.29) is 5.69 Å². The fourth-order valence-corrected chi connectivity index (χ4v) is 2.03. The summed E-state index contributed by atoms with van der Waals surface area (Å²) in [6, 6.07) is 14.1. The van der Waals surface area contributed by atoms with Gasteiger partial charge in [-0.2, -0.15) is 0 Å². The van der Waals surface area contributed by atoms with Crippen LogP contribution in [0.3, 0.4) is 0 Å². The number of hydrogen-bond donors (Lipinski definition) is 3. The molecule has 22 heavy (non-hydrogen) atoms. The highest BCUT2D eigenvalue weighted by atomic mass is 32.1. The molecule has 0 aliphatic carbocycles. The van der Waals surface area contributed by atoms with Crippen molar-refractivity contribution in [1.82, 2.24) is 5.43 Å². The molecular formula is C15H16N4O2S. The van der Waals surface area contributed by atoms with Gasteiger partial charge >= 0.3 is 0 Å². The first-order valence-corrected chi connectivity index (χ1v) is 7.15. The Labute approximate surface area is 133 Å². The third-order valence-corrected chi connectivity index (χ3v) is 3.17. The van der Waals surface area contributed by atoms with Crippen molar-refractivity contribution < 1.29 is 4.92 Å². The summed E-state index contributed by atoms with van der Waals surface area (Å²) in [7, 11) is 0. The molecule has 6 nitrogen and oxygen atoms in total. The molecule has 0 radical (unpaired) electrons. The third-order valence-electron chi connectivity index (χ3n) is 2.97. The molecule has 3 N–H and O–H groups in total. The molecule has 0 atom stereocenters. The Balaban J connectivity index is 1.92. The van der Waals surface area contributed by atoms with Crippen molar-refractivity contribution >= 4 is 34.4 Å². The SMILES string of the molecule is CCc1cccc(NC(=S)NNc2cccc([N+](=O)[O-])c2)c1. The van der Waals surface area contributed by atoms with Crippen molar-refractivity contribution in [2.75, 3.05) is 10.7 Å². The summed E-state index contributed by atoms with van der Waals surface area (Å²) in [5, 5.41) is 14.1. The van der Waals surface area contributed by atoms with Crippen LogP contribution in [0, 0.1) is 10.1 Å². The molecular weight excluding hydrogens is 300 g/mol. The van der Waals surface area contributed by atoms with Gasteiger partial charge < -0.3 is 5.32 Å². The van der Waals surface area contributed by atoms with Gasteiger partial charge in [0.15, 0.2) is 5.11 Å². The minimum Gasteiger partial charge on any atom is -0.331 e. The average Bonchev–Trinajstić information content (AvgIpc) is 2.53. The lowest BCUT2D eigenvalue weighted by molar-refractivity contribution is -0.384. The van der Waals surface area contributed by atoms with E-state index in [1.807, 2.05) is 24.3 Å². The van der Waals surface area contributed by atoms with Crippen LogP contribution in [0.15, 0.2) is 48.5 Å². The fourth-order valence-electron chi connectivity index (χ4n) is 1.86. The normalized spacial score (nSPS) is 9.86. The number of hydrogen-bond acceptors (Lipinski definition) is 4. The zero-order valence-corrected chi connectivity index (χ0v) is 12.8. The van der Waals surface area contributed by atoms with Crippen LogP contribution in [-0.4, -0.2) is 10.0 Å². The van der Waals surface area contributed by atoms with Gasteiger partial charge in [0.2, 0.25) is 0 Å². The Morgan fingerprint density at radius 3 is 2.64 bits per heavy atom. The summed E-state index contributed by atoms with van der Waals surface area (Å²) in [6.45, 7) is 2.08. The van der Waals surface area contributed by atoms with Crippen molar-refractivity contribution in [3.63, 3.8) is 0 Å². The predicted molar refractivity (Wildman–Crippen MR) is 91.9 cm³/mol. The molecule has 2 rings (SSSR count). The Bertz CT molecular complexity index is 691. The molecule has 0 saturated carbocycles. The number of nitro benzene ring substituents is 1. The molecule has 0 spiro atoms. The lowest BCUT2D eigenvalue weighted by Gasteiger charge is -2.13. The van der Waals surface area contributed by atoms with Gasteiger partial charge in [0.25, 0.3) is 5.69 Å². The molecule has 0 bridgehead atoms. The first-order valence-electron chi connectivity index (χ1n) is 6.75. The van der Waals surface area contributed by atoms with Crippen molar-refractivity contribution in [2.45, 2.75) is 13.3 Å². The van der Waals surface area contributed by atoms with Crippen molar-refractivity contribution in [2.24, 2.45) is 0 Å². The van der Waals surface area contributed by atoms with Crippen LogP contribution in [0.4, 0.5) is 17.1 Å². The van der Waals surface area contributed by atoms with E-state index in [2.05, 4.69) is 23.1 Å². The highest BCUT2D eigenvalue weighted by Gasteiger charge is 2.05. The number of hydrazine groups is 1. The number of aryl methyl sites for hydroxylation is 1. The van der Waals surface area contributed by atoms with E-state index in [9.17, 15) is 10.1 Å². The van der Waals surface area contributed by atoms with Crippen LogP contribution in [0.25, 0.3) is 0 Å². The molecule has 0 aromatic heterocycles. The third kappa shape index (κ3) is 4.42. The first kappa shape index (κ1) is 15.7. The van der Waals surface area contributed by atoms with Crippen LogP contribution in [0.5, 0.6) is 0 Å². The van der Waals surface area contributed by atoms with E-state index in [1.165, 1.54) is 17.7 Å². The number of nitrogens with one attached hydrogen (secondary N) is 3.